The Hall–Kier alpha value is -2.20. The zero-order valence-electron chi connectivity index (χ0n) is 13.3. The average Bonchev–Trinajstić information content (AvgIpc) is 3.34. The minimum Gasteiger partial charge on any atom is -0.376 e. The lowest BCUT2D eigenvalue weighted by molar-refractivity contribution is -0.159. The van der Waals surface area contributed by atoms with Crippen molar-refractivity contribution < 1.29 is 22.4 Å². The van der Waals surface area contributed by atoms with E-state index in [4.69, 9.17) is 16.3 Å². The van der Waals surface area contributed by atoms with E-state index in [0.717, 1.165) is 19.4 Å². The summed E-state index contributed by atoms with van der Waals surface area (Å²) < 4.78 is 49.6. The van der Waals surface area contributed by atoms with Crippen molar-refractivity contribution in [3.8, 4) is 11.4 Å². The van der Waals surface area contributed by atoms with E-state index in [-0.39, 0.29) is 23.4 Å². The van der Waals surface area contributed by atoms with E-state index >= 15 is 0 Å². The Labute approximate surface area is 150 Å². The van der Waals surface area contributed by atoms with E-state index in [0.29, 0.717) is 23.5 Å². The van der Waals surface area contributed by atoms with Crippen molar-refractivity contribution in [2.24, 2.45) is 0 Å². The van der Waals surface area contributed by atoms with Gasteiger partial charge in [0.15, 0.2) is 5.65 Å². The Bertz CT molecular complexity index is 933. The lowest BCUT2D eigenvalue weighted by Gasteiger charge is -2.12. The number of alkyl halides is 4. The molecule has 0 N–H and O–H groups in total. The van der Waals surface area contributed by atoms with Gasteiger partial charge in [-0.3, -0.25) is 0 Å². The van der Waals surface area contributed by atoms with Gasteiger partial charge in [-0.1, -0.05) is 5.16 Å². The average molecular weight is 388 g/mol. The molecule has 1 aliphatic heterocycles. The molecule has 0 amide bonds. The molecule has 4 heterocycles. The highest BCUT2D eigenvalue weighted by Gasteiger charge is 2.38. The van der Waals surface area contributed by atoms with Gasteiger partial charge in [0.25, 0.3) is 0 Å². The highest BCUT2D eigenvalue weighted by atomic mass is 35.5. The van der Waals surface area contributed by atoms with E-state index in [9.17, 15) is 13.2 Å². The fraction of sp³-hybridized carbons (Fsp3) is 0.467. The monoisotopic (exact) mass is 387 g/mol. The zero-order valence-corrected chi connectivity index (χ0v) is 14.1. The van der Waals surface area contributed by atoms with Crippen LogP contribution >= 0.6 is 11.6 Å². The largest absolute Gasteiger partial charge is 0.471 e. The summed E-state index contributed by atoms with van der Waals surface area (Å²) in [6, 6.07) is 1.56. The minimum atomic E-state index is -4.70. The Balaban J connectivity index is 1.70. The quantitative estimate of drug-likeness (QED) is 0.638. The summed E-state index contributed by atoms with van der Waals surface area (Å²) in [5, 5.41) is 3.37. The van der Waals surface area contributed by atoms with Gasteiger partial charge < -0.3 is 13.8 Å². The summed E-state index contributed by atoms with van der Waals surface area (Å²) in [5.74, 6) is -0.810. The summed E-state index contributed by atoms with van der Waals surface area (Å²) in [6.45, 7) is 1.30. The smallest absolute Gasteiger partial charge is 0.376 e. The fourth-order valence-corrected chi connectivity index (χ4v) is 3.13. The van der Waals surface area contributed by atoms with Crippen LogP contribution in [0.1, 0.15) is 24.6 Å². The molecule has 3 aromatic rings. The van der Waals surface area contributed by atoms with Gasteiger partial charge in [0.05, 0.1) is 18.5 Å². The highest BCUT2D eigenvalue weighted by molar-refractivity contribution is 6.16. The molecule has 0 spiro atoms. The number of halogens is 4. The normalized spacial score (nSPS) is 18.1. The van der Waals surface area contributed by atoms with Gasteiger partial charge in [0.1, 0.15) is 11.3 Å². The van der Waals surface area contributed by atoms with Gasteiger partial charge >= 0.3 is 12.1 Å². The first-order chi connectivity index (χ1) is 12.5. The molecule has 1 aliphatic rings. The summed E-state index contributed by atoms with van der Waals surface area (Å²) in [7, 11) is 0. The molecule has 138 valence electrons. The minimum absolute atomic E-state index is 0.0717. The third kappa shape index (κ3) is 3.14. The molecule has 0 aromatic carbocycles. The number of rotatable bonds is 4. The maximum absolute atomic E-state index is 12.6. The number of ether oxygens (including phenoxy) is 1. The molecule has 1 atom stereocenters. The molecule has 4 rings (SSSR count). The number of fused-ring (bicyclic) bond motifs is 1. The van der Waals surface area contributed by atoms with Crippen molar-refractivity contribution in [3.05, 3.63) is 24.0 Å². The first-order valence-corrected chi connectivity index (χ1v) is 8.43. The third-order valence-corrected chi connectivity index (χ3v) is 4.36. The molecule has 0 saturated carbocycles. The van der Waals surface area contributed by atoms with Crippen LogP contribution in [-0.2, 0) is 23.3 Å². The van der Waals surface area contributed by atoms with Crippen LogP contribution in [0.25, 0.3) is 22.6 Å². The maximum Gasteiger partial charge on any atom is 0.471 e. The highest BCUT2D eigenvalue weighted by Crippen LogP contribution is 2.30. The molecule has 11 heteroatoms. The fourth-order valence-electron chi connectivity index (χ4n) is 2.92. The van der Waals surface area contributed by atoms with Gasteiger partial charge in [-0.15, -0.1) is 11.6 Å². The molecular weight excluding hydrogens is 375 g/mol. The predicted octanol–water partition coefficient (Wildman–Crippen LogP) is 3.42. The Morgan fingerprint density at radius 1 is 1.31 bits per heavy atom. The summed E-state index contributed by atoms with van der Waals surface area (Å²) >= 11 is 5.98. The van der Waals surface area contributed by atoms with Gasteiger partial charge in [-0.2, -0.15) is 18.2 Å². The predicted molar refractivity (Wildman–Crippen MR) is 84.4 cm³/mol. The Morgan fingerprint density at radius 2 is 2.15 bits per heavy atom. The SMILES string of the molecule is FC(F)(F)c1nc(-c2cnc3c(c2)nc(CCl)n3C[C@H]2CCCO2)no1. The molecule has 3 aromatic heterocycles. The van der Waals surface area contributed by atoms with Crippen molar-refractivity contribution >= 4 is 22.8 Å². The molecule has 26 heavy (non-hydrogen) atoms. The standard InChI is InChI=1S/C15H13ClF3N5O2/c16-5-11-21-10-4-8(12-22-14(26-23-12)15(17,18)19)6-20-13(10)24(11)7-9-2-1-3-25-9/h4,6,9H,1-3,5,7H2/t9-/m1/s1. The Morgan fingerprint density at radius 3 is 2.81 bits per heavy atom. The van der Waals surface area contributed by atoms with Crippen molar-refractivity contribution in [3.63, 3.8) is 0 Å². The summed E-state index contributed by atoms with van der Waals surface area (Å²) in [6.07, 6.45) is -1.29. The third-order valence-electron chi connectivity index (χ3n) is 4.12. The van der Waals surface area contributed by atoms with Crippen LogP contribution < -0.4 is 0 Å². The van der Waals surface area contributed by atoms with Crippen LogP contribution in [-0.4, -0.2) is 37.4 Å². The molecule has 1 saturated heterocycles. The molecule has 0 aliphatic carbocycles. The molecule has 1 fully saturated rings. The van der Waals surface area contributed by atoms with Crippen molar-refractivity contribution in [2.75, 3.05) is 6.61 Å². The van der Waals surface area contributed by atoms with Crippen LogP contribution in [0.15, 0.2) is 16.8 Å². The molecule has 0 bridgehead atoms. The second kappa shape index (κ2) is 6.51. The van der Waals surface area contributed by atoms with E-state index in [2.05, 4.69) is 24.6 Å². The van der Waals surface area contributed by atoms with E-state index in [1.807, 2.05) is 4.57 Å². The topological polar surface area (TPSA) is 78.9 Å². The molecular formula is C15H13ClF3N5O2. The van der Waals surface area contributed by atoms with E-state index in [1.165, 1.54) is 6.20 Å². The molecule has 0 unspecified atom stereocenters. The lowest BCUT2D eigenvalue weighted by atomic mass is 10.2. The van der Waals surface area contributed by atoms with Crippen LogP contribution in [0.2, 0.25) is 0 Å². The van der Waals surface area contributed by atoms with Crippen LogP contribution in [0.5, 0.6) is 0 Å². The van der Waals surface area contributed by atoms with Crippen molar-refractivity contribution in [1.82, 2.24) is 24.7 Å². The number of imidazole rings is 1. The first-order valence-electron chi connectivity index (χ1n) is 7.89. The van der Waals surface area contributed by atoms with Crippen molar-refractivity contribution in [2.45, 2.75) is 37.5 Å². The van der Waals surface area contributed by atoms with Gasteiger partial charge in [0, 0.05) is 18.4 Å². The summed E-state index contributed by atoms with van der Waals surface area (Å²) in [5.41, 5.74) is 1.36. The zero-order chi connectivity index (χ0) is 18.3. The summed E-state index contributed by atoms with van der Waals surface area (Å²) in [4.78, 5) is 12.1. The van der Waals surface area contributed by atoms with Gasteiger partial charge in [-0.25, -0.2) is 9.97 Å². The second-order valence-corrected chi connectivity index (χ2v) is 6.16. The van der Waals surface area contributed by atoms with Gasteiger partial charge in [0.2, 0.25) is 5.82 Å². The van der Waals surface area contributed by atoms with Gasteiger partial charge in [-0.05, 0) is 18.9 Å². The first kappa shape index (κ1) is 17.2. The Kier molecular flexibility index (Phi) is 4.31. The number of pyridine rings is 1. The van der Waals surface area contributed by atoms with E-state index < -0.39 is 12.1 Å². The number of hydrogen-bond donors (Lipinski definition) is 0. The van der Waals surface area contributed by atoms with Crippen LogP contribution in [0.3, 0.4) is 0 Å². The number of nitrogens with zero attached hydrogens (tertiary/aromatic N) is 5. The molecule has 0 radical (unpaired) electrons. The maximum atomic E-state index is 12.6. The lowest BCUT2D eigenvalue weighted by Crippen LogP contribution is -2.16. The number of hydrogen-bond acceptors (Lipinski definition) is 6. The van der Waals surface area contributed by atoms with Crippen LogP contribution in [0.4, 0.5) is 13.2 Å². The molecule has 7 nitrogen and oxygen atoms in total. The second-order valence-electron chi connectivity index (χ2n) is 5.89. The van der Waals surface area contributed by atoms with E-state index in [1.54, 1.807) is 6.07 Å². The van der Waals surface area contributed by atoms with Crippen molar-refractivity contribution in [1.29, 1.82) is 0 Å². The van der Waals surface area contributed by atoms with Crippen LogP contribution in [0, 0.1) is 0 Å². The number of aromatic nitrogens is 5.